The van der Waals surface area contributed by atoms with E-state index in [1.165, 1.54) is 0 Å². The van der Waals surface area contributed by atoms with E-state index in [9.17, 15) is 0 Å². The molecule has 2 heterocycles. The molecule has 1 aliphatic heterocycles. The van der Waals surface area contributed by atoms with Gasteiger partial charge in [-0.25, -0.2) is 10.4 Å². The van der Waals surface area contributed by atoms with Crippen LogP contribution < -0.4 is 10.9 Å². The number of hydrazine groups is 1. The summed E-state index contributed by atoms with van der Waals surface area (Å²) in [7, 11) is 0. The smallest absolute Gasteiger partial charge is 0.148 e. The molecule has 2 aromatic rings. The highest BCUT2D eigenvalue weighted by Crippen LogP contribution is 2.23. The quantitative estimate of drug-likeness (QED) is 0.753. The van der Waals surface area contributed by atoms with E-state index < -0.39 is 0 Å². The number of furan rings is 1. The molecule has 5 nitrogen and oxygen atoms in total. The summed E-state index contributed by atoms with van der Waals surface area (Å²) in [6.07, 6.45) is 2.93. The molecule has 96 valence electrons. The van der Waals surface area contributed by atoms with E-state index in [2.05, 4.69) is 15.8 Å². The molecule has 0 spiro atoms. The summed E-state index contributed by atoms with van der Waals surface area (Å²) < 4.78 is 5.03. The molecular formula is C13H11ClN4O. The molecule has 0 fully saturated rings. The fourth-order valence-electron chi connectivity index (χ4n) is 1.96. The van der Waals surface area contributed by atoms with Crippen molar-refractivity contribution in [2.75, 3.05) is 0 Å². The first-order valence-electron chi connectivity index (χ1n) is 5.71. The lowest BCUT2D eigenvalue weighted by Crippen LogP contribution is -2.32. The van der Waals surface area contributed by atoms with Crippen molar-refractivity contribution in [2.45, 2.75) is 6.17 Å². The van der Waals surface area contributed by atoms with Gasteiger partial charge in [0, 0.05) is 11.1 Å². The van der Waals surface area contributed by atoms with E-state index >= 15 is 0 Å². The number of hydrogen-bond acceptors (Lipinski definition) is 5. The van der Waals surface area contributed by atoms with Gasteiger partial charge in [-0.05, 0) is 6.07 Å². The summed E-state index contributed by atoms with van der Waals surface area (Å²) in [6, 6.07) is 9.26. The van der Waals surface area contributed by atoms with Crippen LogP contribution in [0, 0.1) is 5.41 Å². The molecule has 1 aromatic heterocycles. The number of aliphatic imine (C=N–C) groups is 1. The van der Waals surface area contributed by atoms with E-state index in [1.54, 1.807) is 18.6 Å². The average molecular weight is 275 g/mol. The summed E-state index contributed by atoms with van der Waals surface area (Å²) in [5, 5.41) is 7.59. The molecule has 0 bridgehead atoms. The Balaban J connectivity index is 1.95. The van der Waals surface area contributed by atoms with Crippen LogP contribution in [0.4, 0.5) is 0 Å². The van der Waals surface area contributed by atoms with Crippen molar-refractivity contribution in [3.05, 3.63) is 59.5 Å². The fourth-order valence-corrected chi connectivity index (χ4v) is 2.13. The predicted octanol–water partition coefficient (Wildman–Crippen LogP) is 2.40. The standard InChI is InChI=1S/C13H11ClN4O/c14-11(15)9-3-1-2-4-10(9)13-16-12(17-18-13)8-5-6-19-7-8/h1-7,13,15,18H,(H,16,17). The topological polar surface area (TPSA) is 73.4 Å². The lowest BCUT2D eigenvalue weighted by molar-refractivity contribution is 0.565. The number of amidine groups is 1. The van der Waals surface area contributed by atoms with E-state index in [0.29, 0.717) is 11.4 Å². The average Bonchev–Trinajstić information content (AvgIpc) is 3.09. The zero-order chi connectivity index (χ0) is 13.2. The van der Waals surface area contributed by atoms with Gasteiger partial charge in [-0.2, -0.15) is 0 Å². The third-order valence-corrected chi connectivity index (χ3v) is 3.08. The Bertz CT molecular complexity index is 636. The van der Waals surface area contributed by atoms with Gasteiger partial charge in [-0.1, -0.05) is 35.9 Å². The van der Waals surface area contributed by atoms with Gasteiger partial charge in [-0.3, -0.25) is 5.41 Å². The first-order chi connectivity index (χ1) is 9.25. The zero-order valence-corrected chi connectivity index (χ0v) is 10.6. The Labute approximate surface area is 114 Å². The van der Waals surface area contributed by atoms with Gasteiger partial charge in [0.1, 0.15) is 23.4 Å². The van der Waals surface area contributed by atoms with Crippen LogP contribution in [0.3, 0.4) is 0 Å². The highest BCUT2D eigenvalue weighted by atomic mass is 35.5. The van der Waals surface area contributed by atoms with Crippen LogP contribution in [0.1, 0.15) is 22.9 Å². The van der Waals surface area contributed by atoms with Crippen molar-refractivity contribution in [3.8, 4) is 0 Å². The summed E-state index contributed by atoms with van der Waals surface area (Å²) in [5.41, 5.74) is 8.45. The first kappa shape index (κ1) is 12.0. The monoisotopic (exact) mass is 274 g/mol. The number of halogens is 1. The highest BCUT2D eigenvalue weighted by Gasteiger charge is 2.22. The van der Waals surface area contributed by atoms with Crippen molar-refractivity contribution in [1.82, 2.24) is 10.9 Å². The van der Waals surface area contributed by atoms with Gasteiger partial charge >= 0.3 is 0 Å². The molecule has 3 rings (SSSR count). The summed E-state index contributed by atoms with van der Waals surface area (Å²) in [4.78, 5) is 4.52. The first-order valence-corrected chi connectivity index (χ1v) is 6.09. The van der Waals surface area contributed by atoms with Crippen LogP contribution in [0.25, 0.3) is 0 Å². The van der Waals surface area contributed by atoms with Gasteiger partial charge in [0.05, 0.1) is 11.8 Å². The normalized spacial score (nSPS) is 17.9. The minimum Gasteiger partial charge on any atom is -0.472 e. The Morgan fingerprint density at radius 3 is 2.89 bits per heavy atom. The molecule has 1 unspecified atom stereocenters. The maximum Gasteiger partial charge on any atom is 0.148 e. The molecule has 0 radical (unpaired) electrons. The largest absolute Gasteiger partial charge is 0.472 e. The van der Waals surface area contributed by atoms with E-state index in [4.69, 9.17) is 21.4 Å². The fraction of sp³-hybridized carbons (Fsp3) is 0.0769. The summed E-state index contributed by atoms with van der Waals surface area (Å²) in [6.45, 7) is 0. The number of rotatable bonds is 3. The van der Waals surface area contributed by atoms with Crippen molar-refractivity contribution < 1.29 is 4.42 Å². The number of nitrogens with one attached hydrogen (secondary N) is 3. The van der Waals surface area contributed by atoms with Gasteiger partial charge in [0.2, 0.25) is 0 Å². The number of benzene rings is 1. The Morgan fingerprint density at radius 2 is 2.16 bits per heavy atom. The van der Waals surface area contributed by atoms with Crippen LogP contribution >= 0.6 is 11.6 Å². The summed E-state index contributed by atoms with van der Waals surface area (Å²) in [5.74, 6) is 0.703. The molecule has 0 saturated heterocycles. The van der Waals surface area contributed by atoms with Crippen LogP contribution in [0.5, 0.6) is 0 Å². The maximum atomic E-state index is 7.58. The Hall–Kier alpha value is -2.11. The van der Waals surface area contributed by atoms with E-state index in [1.807, 2.05) is 24.3 Å². The molecule has 1 aliphatic rings. The van der Waals surface area contributed by atoms with Crippen molar-refractivity contribution in [2.24, 2.45) is 4.99 Å². The molecule has 3 N–H and O–H groups in total. The molecule has 19 heavy (non-hydrogen) atoms. The third kappa shape index (κ3) is 2.25. The number of hydrogen-bond donors (Lipinski definition) is 3. The summed E-state index contributed by atoms with van der Waals surface area (Å²) >= 11 is 5.79. The molecular weight excluding hydrogens is 264 g/mol. The second kappa shape index (κ2) is 4.87. The van der Waals surface area contributed by atoms with Gasteiger partial charge < -0.3 is 9.84 Å². The zero-order valence-electron chi connectivity index (χ0n) is 9.85. The molecule has 0 saturated carbocycles. The Kier molecular flexibility index (Phi) is 3.06. The van der Waals surface area contributed by atoms with Gasteiger partial charge in [0.25, 0.3) is 0 Å². The van der Waals surface area contributed by atoms with Crippen molar-refractivity contribution >= 4 is 22.6 Å². The minimum absolute atomic E-state index is 0.00404. The van der Waals surface area contributed by atoms with Crippen molar-refractivity contribution in [1.29, 1.82) is 5.41 Å². The van der Waals surface area contributed by atoms with E-state index in [0.717, 1.165) is 11.1 Å². The lowest BCUT2D eigenvalue weighted by atomic mass is 10.1. The maximum absolute atomic E-state index is 7.58. The highest BCUT2D eigenvalue weighted by molar-refractivity contribution is 6.68. The van der Waals surface area contributed by atoms with Gasteiger partial charge in [-0.15, -0.1) is 0 Å². The lowest BCUT2D eigenvalue weighted by Gasteiger charge is -2.11. The van der Waals surface area contributed by atoms with Crippen LogP contribution in [-0.4, -0.2) is 11.0 Å². The molecule has 0 amide bonds. The second-order valence-corrected chi connectivity index (χ2v) is 4.44. The van der Waals surface area contributed by atoms with E-state index in [-0.39, 0.29) is 11.3 Å². The molecule has 1 aromatic carbocycles. The molecule has 1 atom stereocenters. The molecule has 6 heteroatoms. The predicted molar refractivity (Wildman–Crippen MR) is 73.4 cm³/mol. The SMILES string of the molecule is N=C(Cl)c1ccccc1C1N=C(c2ccoc2)NN1. The Morgan fingerprint density at radius 1 is 1.32 bits per heavy atom. The third-order valence-electron chi connectivity index (χ3n) is 2.87. The van der Waals surface area contributed by atoms with Crippen LogP contribution in [-0.2, 0) is 0 Å². The van der Waals surface area contributed by atoms with Gasteiger partial charge in [0.15, 0.2) is 0 Å². The molecule has 0 aliphatic carbocycles. The second-order valence-electron chi connectivity index (χ2n) is 4.06. The van der Waals surface area contributed by atoms with Crippen LogP contribution in [0.15, 0.2) is 52.3 Å². The minimum atomic E-state index is -0.278. The van der Waals surface area contributed by atoms with Crippen molar-refractivity contribution in [3.63, 3.8) is 0 Å². The van der Waals surface area contributed by atoms with Crippen LogP contribution in [0.2, 0.25) is 0 Å². The number of nitrogens with zero attached hydrogens (tertiary/aromatic N) is 1.